The van der Waals surface area contributed by atoms with E-state index in [-0.39, 0.29) is 5.41 Å². The molecule has 0 aliphatic rings. The molecule has 0 aliphatic heterocycles. The Labute approximate surface area is 146 Å². The molecule has 3 aromatic carbocycles. The lowest BCUT2D eigenvalue weighted by Crippen LogP contribution is -2.16. The minimum absolute atomic E-state index is 0.270. The van der Waals surface area contributed by atoms with Gasteiger partial charge in [0.1, 0.15) is 0 Å². The Morgan fingerprint density at radius 1 is 0.792 bits per heavy atom. The quantitative estimate of drug-likeness (QED) is 0.478. The van der Waals surface area contributed by atoms with Crippen molar-refractivity contribution in [3.05, 3.63) is 71.8 Å². The maximum absolute atomic E-state index is 2.42. The van der Waals surface area contributed by atoms with Crippen molar-refractivity contribution in [2.24, 2.45) is 5.41 Å². The van der Waals surface area contributed by atoms with Gasteiger partial charge in [-0.25, -0.2) is 0 Å². The van der Waals surface area contributed by atoms with Gasteiger partial charge >= 0.3 is 0 Å². The molecule has 0 bridgehead atoms. The summed E-state index contributed by atoms with van der Waals surface area (Å²) in [5, 5.41) is 2.61. The molecule has 0 aromatic heterocycles. The van der Waals surface area contributed by atoms with Crippen LogP contribution in [0.3, 0.4) is 0 Å². The summed E-state index contributed by atoms with van der Waals surface area (Å²) in [4.78, 5) is 0. The summed E-state index contributed by atoms with van der Waals surface area (Å²) in [6.45, 7) is 11.6. The van der Waals surface area contributed by atoms with Crippen LogP contribution in [0.2, 0.25) is 0 Å². The molecule has 0 spiro atoms. The van der Waals surface area contributed by atoms with Crippen molar-refractivity contribution in [2.45, 2.75) is 47.0 Å². The monoisotopic (exact) mass is 316 g/mol. The predicted octanol–water partition coefficient (Wildman–Crippen LogP) is 7.22. The zero-order valence-corrected chi connectivity index (χ0v) is 15.6. The average Bonchev–Trinajstić information content (AvgIpc) is 2.59. The Balaban J connectivity index is 2.10. The smallest absolute Gasteiger partial charge is 0.0139 e. The topological polar surface area (TPSA) is 0 Å². The zero-order chi connectivity index (χ0) is 17.3. The molecule has 0 amide bonds. The summed E-state index contributed by atoms with van der Waals surface area (Å²) in [5.74, 6) is 0.535. The van der Waals surface area contributed by atoms with E-state index in [1.54, 1.807) is 0 Å². The van der Waals surface area contributed by atoms with Crippen LogP contribution in [0.25, 0.3) is 21.9 Å². The third-order valence-corrected chi connectivity index (χ3v) is 5.38. The van der Waals surface area contributed by atoms with Gasteiger partial charge in [0, 0.05) is 0 Å². The first-order valence-corrected chi connectivity index (χ1v) is 9.02. The molecule has 0 heterocycles. The van der Waals surface area contributed by atoms with Crippen molar-refractivity contribution in [2.75, 3.05) is 0 Å². The second-order valence-corrected chi connectivity index (χ2v) is 7.92. The van der Waals surface area contributed by atoms with Gasteiger partial charge in [-0.1, -0.05) is 89.2 Å². The molecule has 3 aromatic rings. The first kappa shape index (κ1) is 16.8. The third kappa shape index (κ3) is 3.24. The van der Waals surface area contributed by atoms with Gasteiger partial charge in [0.05, 0.1) is 0 Å². The van der Waals surface area contributed by atoms with E-state index >= 15 is 0 Å². The predicted molar refractivity (Wildman–Crippen MR) is 107 cm³/mol. The molecule has 0 aliphatic carbocycles. The molecule has 0 saturated heterocycles. The van der Waals surface area contributed by atoms with Crippen molar-refractivity contribution >= 4 is 10.8 Å². The molecular formula is C24H28. The lowest BCUT2D eigenvalue weighted by atomic mass is 9.75. The maximum atomic E-state index is 2.42. The van der Waals surface area contributed by atoms with E-state index in [4.69, 9.17) is 0 Å². The van der Waals surface area contributed by atoms with Gasteiger partial charge in [-0.2, -0.15) is 0 Å². The second-order valence-electron chi connectivity index (χ2n) is 7.92. The van der Waals surface area contributed by atoms with Crippen molar-refractivity contribution in [3.8, 4) is 11.1 Å². The largest absolute Gasteiger partial charge is 0.0616 e. The van der Waals surface area contributed by atoms with E-state index in [0.29, 0.717) is 5.92 Å². The minimum Gasteiger partial charge on any atom is -0.0616 e. The number of rotatable bonds is 3. The molecule has 1 atom stereocenters. The van der Waals surface area contributed by atoms with Gasteiger partial charge in [-0.05, 0) is 56.8 Å². The van der Waals surface area contributed by atoms with E-state index in [1.165, 1.54) is 33.0 Å². The van der Waals surface area contributed by atoms with E-state index < -0.39 is 0 Å². The molecule has 3 rings (SSSR count). The normalized spacial score (nSPS) is 13.2. The molecular weight excluding hydrogens is 288 g/mol. The molecule has 124 valence electrons. The molecule has 1 unspecified atom stereocenters. The maximum Gasteiger partial charge on any atom is -0.0139 e. The van der Waals surface area contributed by atoms with E-state index in [2.05, 4.69) is 95.3 Å². The van der Waals surface area contributed by atoms with Crippen molar-refractivity contribution < 1.29 is 0 Å². The Bertz CT molecular complexity index is 849. The average molecular weight is 316 g/mol. The number of hydrogen-bond donors (Lipinski definition) is 0. The van der Waals surface area contributed by atoms with Gasteiger partial charge in [0.15, 0.2) is 0 Å². The van der Waals surface area contributed by atoms with Crippen LogP contribution in [0.5, 0.6) is 0 Å². The standard InChI is InChI=1S/C24H28/c1-6-18-11-13-22(16-23(18)17(2)24(3,4)5)21-14-12-19-9-7-8-10-20(19)15-21/h7-17H,6H2,1-5H3. The fourth-order valence-corrected chi connectivity index (χ4v) is 3.33. The summed E-state index contributed by atoms with van der Waals surface area (Å²) < 4.78 is 0. The van der Waals surface area contributed by atoms with Crippen molar-refractivity contribution in [3.63, 3.8) is 0 Å². The van der Waals surface area contributed by atoms with Crippen molar-refractivity contribution in [1.29, 1.82) is 0 Å². The molecule has 24 heavy (non-hydrogen) atoms. The molecule has 0 nitrogen and oxygen atoms in total. The third-order valence-electron chi connectivity index (χ3n) is 5.38. The van der Waals surface area contributed by atoms with Gasteiger partial charge in [-0.15, -0.1) is 0 Å². The van der Waals surface area contributed by atoms with Gasteiger partial charge in [0.25, 0.3) is 0 Å². The zero-order valence-electron chi connectivity index (χ0n) is 15.6. The fraction of sp³-hybridized carbons (Fsp3) is 0.333. The highest BCUT2D eigenvalue weighted by Crippen LogP contribution is 2.38. The Morgan fingerprint density at radius 3 is 2.08 bits per heavy atom. The number of fused-ring (bicyclic) bond motifs is 1. The van der Waals surface area contributed by atoms with Crippen LogP contribution in [-0.2, 0) is 6.42 Å². The molecule has 0 radical (unpaired) electrons. The van der Waals surface area contributed by atoms with Gasteiger partial charge < -0.3 is 0 Å². The van der Waals surface area contributed by atoms with Crippen LogP contribution >= 0.6 is 0 Å². The molecule has 0 heteroatoms. The van der Waals surface area contributed by atoms with Crippen LogP contribution < -0.4 is 0 Å². The van der Waals surface area contributed by atoms with Gasteiger partial charge in [-0.3, -0.25) is 0 Å². The van der Waals surface area contributed by atoms with Crippen molar-refractivity contribution in [1.82, 2.24) is 0 Å². The highest BCUT2D eigenvalue weighted by Gasteiger charge is 2.23. The lowest BCUT2D eigenvalue weighted by Gasteiger charge is -2.30. The summed E-state index contributed by atoms with van der Waals surface area (Å²) >= 11 is 0. The summed E-state index contributed by atoms with van der Waals surface area (Å²) in [6.07, 6.45) is 1.09. The molecule has 0 N–H and O–H groups in total. The Morgan fingerprint density at radius 2 is 1.42 bits per heavy atom. The summed E-state index contributed by atoms with van der Waals surface area (Å²) in [5.41, 5.74) is 5.87. The van der Waals surface area contributed by atoms with Crippen LogP contribution in [-0.4, -0.2) is 0 Å². The molecule has 0 fully saturated rings. The Hall–Kier alpha value is -2.08. The van der Waals surface area contributed by atoms with E-state index in [9.17, 15) is 0 Å². The Kier molecular flexibility index (Phi) is 4.49. The first-order chi connectivity index (χ1) is 11.4. The highest BCUT2D eigenvalue weighted by atomic mass is 14.3. The number of hydrogen-bond acceptors (Lipinski definition) is 0. The second kappa shape index (κ2) is 6.43. The first-order valence-electron chi connectivity index (χ1n) is 9.02. The summed E-state index contributed by atoms with van der Waals surface area (Å²) in [7, 11) is 0. The van der Waals surface area contributed by atoms with Gasteiger partial charge in [0.2, 0.25) is 0 Å². The van der Waals surface area contributed by atoms with Crippen LogP contribution in [0.4, 0.5) is 0 Å². The fourth-order valence-electron chi connectivity index (χ4n) is 3.33. The van der Waals surface area contributed by atoms with Crippen LogP contribution in [0.15, 0.2) is 60.7 Å². The van der Waals surface area contributed by atoms with E-state index in [1.807, 2.05) is 0 Å². The SMILES string of the molecule is CCc1ccc(-c2ccc3ccccc3c2)cc1C(C)C(C)(C)C. The number of benzene rings is 3. The minimum atomic E-state index is 0.270. The molecule has 0 saturated carbocycles. The summed E-state index contributed by atoms with van der Waals surface area (Å²) in [6, 6.07) is 22.4. The van der Waals surface area contributed by atoms with E-state index in [0.717, 1.165) is 6.42 Å². The van der Waals surface area contributed by atoms with Crippen LogP contribution in [0.1, 0.15) is 51.7 Å². The number of aryl methyl sites for hydroxylation is 1. The van der Waals surface area contributed by atoms with Crippen LogP contribution in [0, 0.1) is 5.41 Å². The lowest BCUT2D eigenvalue weighted by molar-refractivity contribution is 0.338. The highest BCUT2D eigenvalue weighted by molar-refractivity contribution is 5.87.